The predicted molar refractivity (Wildman–Crippen MR) is 111 cm³/mol. The van der Waals surface area contributed by atoms with Gasteiger partial charge in [0.25, 0.3) is 0 Å². The summed E-state index contributed by atoms with van der Waals surface area (Å²) in [4.78, 5) is 26.3. The molecule has 1 amide bonds. The lowest BCUT2D eigenvalue weighted by atomic mass is 10.0. The first-order valence-electron chi connectivity index (χ1n) is 9.63. The van der Waals surface area contributed by atoms with Crippen LogP contribution in [0.5, 0.6) is 0 Å². The van der Waals surface area contributed by atoms with E-state index in [0.29, 0.717) is 25.2 Å². The number of nitrogens with one attached hydrogen (secondary N) is 1. The fourth-order valence-electron chi connectivity index (χ4n) is 3.20. The Bertz CT molecular complexity index is 1070. The summed E-state index contributed by atoms with van der Waals surface area (Å²) in [6, 6.07) is 11.4. The van der Waals surface area contributed by atoms with E-state index in [2.05, 4.69) is 5.32 Å². The third kappa shape index (κ3) is 5.29. The molecule has 6 heteroatoms. The normalized spacial score (nSPS) is 11.2. The number of hydrogen-bond donors (Lipinski definition) is 1. The van der Waals surface area contributed by atoms with E-state index in [0.717, 1.165) is 27.6 Å². The minimum absolute atomic E-state index is 0.129. The number of carbonyl (C=O) groups is 1. The van der Waals surface area contributed by atoms with E-state index in [1.807, 2.05) is 37.8 Å². The highest BCUT2D eigenvalue weighted by molar-refractivity contribution is 5.82. The molecule has 5 nitrogen and oxygen atoms in total. The largest absolute Gasteiger partial charge is 0.423 e. The first-order valence-corrected chi connectivity index (χ1v) is 9.63. The van der Waals surface area contributed by atoms with Crippen molar-refractivity contribution < 1.29 is 13.6 Å². The van der Waals surface area contributed by atoms with Crippen LogP contribution < -0.4 is 10.9 Å². The van der Waals surface area contributed by atoms with Crippen molar-refractivity contribution in [3.8, 4) is 0 Å². The zero-order valence-electron chi connectivity index (χ0n) is 16.9. The van der Waals surface area contributed by atoms with Crippen molar-refractivity contribution >= 4 is 16.9 Å². The molecule has 0 saturated heterocycles. The maximum atomic E-state index is 13.0. The monoisotopic (exact) mass is 396 g/mol. The van der Waals surface area contributed by atoms with E-state index in [4.69, 9.17) is 4.42 Å². The first-order chi connectivity index (χ1) is 13.9. The number of nitrogens with zero attached hydrogens (tertiary/aromatic N) is 1. The summed E-state index contributed by atoms with van der Waals surface area (Å²) >= 11 is 0. The van der Waals surface area contributed by atoms with Crippen molar-refractivity contribution in [3.63, 3.8) is 0 Å². The van der Waals surface area contributed by atoms with Crippen LogP contribution in [0.4, 0.5) is 4.39 Å². The molecule has 0 aliphatic carbocycles. The van der Waals surface area contributed by atoms with Crippen LogP contribution in [0.2, 0.25) is 0 Å². The Hall–Kier alpha value is -2.99. The van der Waals surface area contributed by atoms with Crippen LogP contribution in [-0.2, 0) is 17.9 Å². The highest BCUT2D eigenvalue weighted by Gasteiger charge is 2.14. The van der Waals surface area contributed by atoms with E-state index >= 15 is 0 Å². The quantitative estimate of drug-likeness (QED) is 0.619. The smallest absolute Gasteiger partial charge is 0.336 e. The number of benzene rings is 2. The molecule has 152 valence electrons. The van der Waals surface area contributed by atoms with Gasteiger partial charge in [-0.05, 0) is 66.9 Å². The zero-order chi connectivity index (χ0) is 21.0. The molecular weight excluding hydrogens is 371 g/mol. The summed E-state index contributed by atoms with van der Waals surface area (Å²) in [5.41, 5.74) is 4.02. The number of fused-ring (bicyclic) bond motifs is 1. The summed E-state index contributed by atoms with van der Waals surface area (Å²) in [5.74, 6) is -0.433. The van der Waals surface area contributed by atoms with Gasteiger partial charge < -0.3 is 9.73 Å². The molecule has 1 aromatic heterocycles. The van der Waals surface area contributed by atoms with Gasteiger partial charge in [0, 0.05) is 24.5 Å². The topological polar surface area (TPSA) is 62.6 Å². The summed E-state index contributed by atoms with van der Waals surface area (Å²) in [5, 5.41) is 3.74. The van der Waals surface area contributed by atoms with Crippen molar-refractivity contribution in [2.24, 2.45) is 0 Å². The number of aryl methyl sites for hydroxylation is 2. The van der Waals surface area contributed by atoms with Gasteiger partial charge in [-0.3, -0.25) is 9.69 Å². The summed E-state index contributed by atoms with van der Waals surface area (Å²) in [6.07, 6.45) is 0. The minimum Gasteiger partial charge on any atom is -0.423 e. The average Bonchev–Trinajstić information content (AvgIpc) is 2.68. The Morgan fingerprint density at radius 2 is 1.79 bits per heavy atom. The highest BCUT2D eigenvalue weighted by atomic mass is 19.1. The fourth-order valence-corrected chi connectivity index (χ4v) is 3.20. The van der Waals surface area contributed by atoms with Crippen LogP contribution in [0.15, 0.2) is 51.7 Å². The molecule has 0 bridgehead atoms. The highest BCUT2D eigenvalue weighted by Crippen LogP contribution is 2.22. The van der Waals surface area contributed by atoms with Gasteiger partial charge in [-0.25, -0.2) is 9.18 Å². The standard InChI is InChI=1S/C23H25FN2O3/c1-4-26(14-22(27)25-12-17-5-7-19(24)8-6-17)13-18-11-23(28)29-21-10-16(3)15(2)9-20(18)21/h5-11H,4,12-14H2,1-3H3,(H,25,27). The lowest BCUT2D eigenvalue weighted by Crippen LogP contribution is -2.36. The molecule has 0 radical (unpaired) electrons. The molecule has 0 atom stereocenters. The van der Waals surface area contributed by atoms with E-state index in [1.165, 1.54) is 18.2 Å². The molecule has 29 heavy (non-hydrogen) atoms. The number of rotatable bonds is 7. The Kier molecular flexibility index (Phi) is 6.44. The van der Waals surface area contributed by atoms with Gasteiger partial charge in [0.15, 0.2) is 0 Å². The molecule has 0 aliphatic heterocycles. The van der Waals surface area contributed by atoms with Crippen LogP contribution in [0.25, 0.3) is 11.0 Å². The lowest BCUT2D eigenvalue weighted by molar-refractivity contribution is -0.122. The Balaban J connectivity index is 1.71. The molecule has 0 fully saturated rings. The van der Waals surface area contributed by atoms with Gasteiger partial charge in [0.2, 0.25) is 5.91 Å². The predicted octanol–water partition coefficient (Wildman–Crippen LogP) is 3.69. The molecule has 1 heterocycles. The Morgan fingerprint density at radius 1 is 1.10 bits per heavy atom. The van der Waals surface area contributed by atoms with E-state index in [-0.39, 0.29) is 18.3 Å². The van der Waals surface area contributed by atoms with Crippen molar-refractivity contribution in [2.45, 2.75) is 33.9 Å². The number of likely N-dealkylation sites (N-methyl/N-ethyl adjacent to an activating group) is 1. The molecule has 0 saturated carbocycles. The fraction of sp³-hybridized carbons (Fsp3) is 0.304. The molecule has 3 aromatic rings. The Labute approximate surface area is 169 Å². The summed E-state index contributed by atoms with van der Waals surface area (Å²) in [6.45, 7) is 7.62. The maximum absolute atomic E-state index is 13.0. The number of halogens is 1. The van der Waals surface area contributed by atoms with Crippen molar-refractivity contribution in [2.75, 3.05) is 13.1 Å². The van der Waals surface area contributed by atoms with Crippen molar-refractivity contribution in [1.82, 2.24) is 10.2 Å². The zero-order valence-corrected chi connectivity index (χ0v) is 16.9. The second-order valence-corrected chi connectivity index (χ2v) is 7.23. The van der Waals surface area contributed by atoms with Gasteiger partial charge in [-0.1, -0.05) is 19.1 Å². The van der Waals surface area contributed by atoms with Crippen molar-refractivity contribution in [3.05, 3.63) is 81.0 Å². The van der Waals surface area contributed by atoms with Crippen LogP contribution in [0.1, 0.15) is 29.2 Å². The second-order valence-electron chi connectivity index (χ2n) is 7.23. The number of carbonyl (C=O) groups excluding carboxylic acids is 1. The van der Waals surface area contributed by atoms with Crippen LogP contribution in [0.3, 0.4) is 0 Å². The second kappa shape index (κ2) is 9.01. The molecule has 1 N–H and O–H groups in total. The van der Waals surface area contributed by atoms with Gasteiger partial charge >= 0.3 is 5.63 Å². The molecule has 3 rings (SSSR count). The third-order valence-electron chi connectivity index (χ3n) is 5.06. The SMILES string of the molecule is CCN(CC(=O)NCc1ccc(F)cc1)Cc1cc(=O)oc2cc(C)c(C)cc12. The molecule has 0 unspecified atom stereocenters. The van der Waals surface area contributed by atoms with E-state index in [1.54, 1.807) is 12.1 Å². The maximum Gasteiger partial charge on any atom is 0.336 e. The van der Waals surface area contributed by atoms with E-state index < -0.39 is 5.63 Å². The molecular formula is C23H25FN2O3. The molecule has 0 spiro atoms. The summed E-state index contributed by atoms with van der Waals surface area (Å²) < 4.78 is 18.3. The first kappa shape index (κ1) is 20.7. The third-order valence-corrected chi connectivity index (χ3v) is 5.06. The number of hydrogen-bond acceptors (Lipinski definition) is 4. The lowest BCUT2D eigenvalue weighted by Gasteiger charge is -2.21. The average molecular weight is 396 g/mol. The van der Waals surface area contributed by atoms with Gasteiger partial charge in [-0.2, -0.15) is 0 Å². The minimum atomic E-state index is -0.396. The number of amides is 1. The van der Waals surface area contributed by atoms with Gasteiger partial charge in [0.05, 0.1) is 6.54 Å². The van der Waals surface area contributed by atoms with Crippen LogP contribution in [0, 0.1) is 19.7 Å². The summed E-state index contributed by atoms with van der Waals surface area (Å²) in [7, 11) is 0. The van der Waals surface area contributed by atoms with Gasteiger partial charge in [-0.15, -0.1) is 0 Å². The van der Waals surface area contributed by atoms with Gasteiger partial charge in [0.1, 0.15) is 11.4 Å². The van der Waals surface area contributed by atoms with Crippen LogP contribution >= 0.6 is 0 Å². The Morgan fingerprint density at radius 3 is 2.48 bits per heavy atom. The van der Waals surface area contributed by atoms with E-state index in [9.17, 15) is 14.0 Å². The van der Waals surface area contributed by atoms with Crippen LogP contribution in [-0.4, -0.2) is 23.9 Å². The van der Waals surface area contributed by atoms with Crippen molar-refractivity contribution in [1.29, 1.82) is 0 Å². The molecule has 2 aromatic carbocycles. The molecule has 0 aliphatic rings.